The lowest BCUT2D eigenvalue weighted by Gasteiger charge is -2.21. The van der Waals surface area contributed by atoms with E-state index in [0.717, 1.165) is 5.56 Å². The third kappa shape index (κ3) is 6.33. The molecular formula is C15H23N3O2. The largest absolute Gasteiger partial charge is 0.350 e. The molecule has 110 valence electrons. The summed E-state index contributed by atoms with van der Waals surface area (Å²) in [6.07, 6.45) is 0.452. The second kappa shape index (κ2) is 7.05. The Morgan fingerprint density at radius 2 is 1.80 bits per heavy atom. The molecule has 0 bridgehead atoms. The highest BCUT2D eigenvalue weighted by atomic mass is 16.2. The highest BCUT2D eigenvalue weighted by molar-refractivity contribution is 5.87. The van der Waals surface area contributed by atoms with Crippen LogP contribution in [-0.2, 0) is 16.0 Å². The van der Waals surface area contributed by atoms with Gasteiger partial charge in [-0.15, -0.1) is 0 Å². The molecule has 1 atom stereocenters. The van der Waals surface area contributed by atoms with Crippen LogP contribution in [0.15, 0.2) is 30.3 Å². The number of benzene rings is 1. The van der Waals surface area contributed by atoms with Gasteiger partial charge in [-0.2, -0.15) is 0 Å². The number of nitrogens with one attached hydrogen (secondary N) is 2. The van der Waals surface area contributed by atoms with E-state index in [1.54, 1.807) is 0 Å². The Kier molecular flexibility index (Phi) is 5.70. The van der Waals surface area contributed by atoms with Crippen LogP contribution in [0.2, 0.25) is 0 Å². The summed E-state index contributed by atoms with van der Waals surface area (Å²) in [5.74, 6) is -0.546. The zero-order valence-corrected chi connectivity index (χ0v) is 12.3. The van der Waals surface area contributed by atoms with E-state index in [-0.39, 0.29) is 23.9 Å². The van der Waals surface area contributed by atoms with Crippen molar-refractivity contribution < 1.29 is 9.59 Å². The third-order valence-corrected chi connectivity index (χ3v) is 2.57. The fourth-order valence-corrected chi connectivity index (χ4v) is 1.72. The molecule has 1 aromatic carbocycles. The Hall–Kier alpha value is -1.88. The number of rotatable bonds is 5. The molecule has 5 heteroatoms. The normalized spacial score (nSPS) is 12.6. The van der Waals surface area contributed by atoms with Gasteiger partial charge in [-0.25, -0.2) is 0 Å². The lowest BCUT2D eigenvalue weighted by atomic mass is 10.1. The van der Waals surface area contributed by atoms with Crippen LogP contribution in [0.3, 0.4) is 0 Å². The average Bonchev–Trinajstić information content (AvgIpc) is 2.35. The van der Waals surface area contributed by atoms with E-state index in [9.17, 15) is 9.59 Å². The molecule has 5 nitrogen and oxygen atoms in total. The van der Waals surface area contributed by atoms with Gasteiger partial charge in [0.05, 0.1) is 12.6 Å². The van der Waals surface area contributed by atoms with Gasteiger partial charge in [0.2, 0.25) is 11.8 Å². The molecule has 0 fully saturated rings. The van der Waals surface area contributed by atoms with E-state index in [2.05, 4.69) is 10.6 Å². The average molecular weight is 277 g/mol. The first-order chi connectivity index (χ1) is 9.28. The van der Waals surface area contributed by atoms with E-state index in [1.165, 1.54) is 0 Å². The maximum Gasteiger partial charge on any atom is 0.239 e. The van der Waals surface area contributed by atoms with E-state index in [1.807, 2.05) is 51.1 Å². The first-order valence-corrected chi connectivity index (χ1v) is 6.66. The summed E-state index contributed by atoms with van der Waals surface area (Å²) in [6, 6.07) is 8.89. The van der Waals surface area contributed by atoms with Gasteiger partial charge in [-0.1, -0.05) is 30.3 Å². The van der Waals surface area contributed by atoms with Gasteiger partial charge in [0.1, 0.15) is 0 Å². The van der Waals surface area contributed by atoms with Crippen molar-refractivity contribution >= 4 is 11.8 Å². The molecule has 1 aromatic rings. The minimum absolute atomic E-state index is 0.0570. The molecule has 4 N–H and O–H groups in total. The summed E-state index contributed by atoms with van der Waals surface area (Å²) in [7, 11) is 0. The molecular weight excluding hydrogens is 254 g/mol. The molecule has 0 saturated heterocycles. The number of carbonyl (C=O) groups is 2. The van der Waals surface area contributed by atoms with Gasteiger partial charge in [-0.3, -0.25) is 9.59 Å². The fourth-order valence-electron chi connectivity index (χ4n) is 1.72. The van der Waals surface area contributed by atoms with Crippen molar-refractivity contribution in [1.82, 2.24) is 10.6 Å². The lowest BCUT2D eigenvalue weighted by molar-refractivity contribution is -0.127. The van der Waals surface area contributed by atoms with Crippen LogP contribution in [0.25, 0.3) is 0 Å². The zero-order valence-electron chi connectivity index (χ0n) is 12.3. The minimum Gasteiger partial charge on any atom is -0.350 e. The Labute approximate surface area is 119 Å². The van der Waals surface area contributed by atoms with Crippen LogP contribution in [-0.4, -0.2) is 29.9 Å². The van der Waals surface area contributed by atoms with Crippen molar-refractivity contribution in [2.24, 2.45) is 5.73 Å². The highest BCUT2D eigenvalue weighted by Gasteiger charge is 2.17. The predicted molar refractivity (Wildman–Crippen MR) is 79.0 cm³/mol. The lowest BCUT2D eigenvalue weighted by Crippen LogP contribution is -2.49. The maximum atomic E-state index is 11.8. The smallest absolute Gasteiger partial charge is 0.239 e. The van der Waals surface area contributed by atoms with Crippen LogP contribution in [0.5, 0.6) is 0 Å². The number of carbonyl (C=O) groups excluding carboxylic acids is 2. The maximum absolute atomic E-state index is 11.8. The Bertz CT molecular complexity index is 452. The molecule has 2 amide bonds. The first-order valence-electron chi connectivity index (χ1n) is 6.66. The predicted octanol–water partition coefficient (Wildman–Crippen LogP) is 0.587. The van der Waals surface area contributed by atoms with Gasteiger partial charge < -0.3 is 16.4 Å². The van der Waals surface area contributed by atoms with Crippen LogP contribution in [0.1, 0.15) is 26.3 Å². The molecule has 1 rings (SSSR count). The SMILES string of the molecule is CC(C)(C)NC(=O)CNC(=O)[C@@H](N)Cc1ccccc1. The van der Waals surface area contributed by atoms with Gasteiger partial charge >= 0.3 is 0 Å². The highest BCUT2D eigenvalue weighted by Crippen LogP contribution is 2.02. The molecule has 20 heavy (non-hydrogen) atoms. The Morgan fingerprint density at radius 1 is 1.20 bits per heavy atom. The summed E-state index contributed by atoms with van der Waals surface area (Å²) in [5.41, 5.74) is 6.50. The van der Waals surface area contributed by atoms with Gasteiger partial charge in [0.25, 0.3) is 0 Å². The van der Waals surface area contributed by atoms with E-state index < -0.39 is 6.04 Å². The van der Waals surface area contributed by atoms with E-state index in [0.29, 0.717) is 6.42 Å². The van der Waals surface area contributed by atoms with Crippen LogP contribution in [0.4, 0.5) is 0 Å². The van der Waals surface area contributed by atoms with Crippen molar-refractivity contribution in [1.29, 1.82) is 0 Å². The van der Waals surface area contributed by atoms with Crippen LogP contribution >= 0.6 is 0 Å². The third-order valence-electron chi connectivity index (χ3n) is 2.57. The first kappa shape index (κ1) is 16.2. The van der Waals surface area contributed by atoms with Crippen LogP contribution < -0.4 is 16.4 Å². The molecule has 0 unspecified atom stereocenters. The summed E-state index contributed by atoms with van der Waals surface area (Å²) in [5, 5.41) is 5.32. The van der Waals surface area contributed by atoms with E-state index >= 15 is 0 Å². The summed E-state index contributed by atoms with van der Waals surface area (Å²) in [6.45, 7) is 5.59. The quantitative estimate of drug-likeness (QED) is 0.736. The van der Waals surface area contributed by atoms with Crippen molar-refractivity contribution in [2.45, 2.75) is 38.8 Å². The van der Waals surface area contributed by atoms with Gasteiger partial charge in [0.15, 0.2) is 0 Å². The Morgan fingerprint density at radius 3 is 2.35 bits per heavy atom. The summed E-state index contributed by atoms with van der Waals surface area (Å²) < 4.78 is 0. The molecule has 0 radical (unpaired) electrons. The van der Waals surface area contributed by atoms with Gasteiger partial charge in [0, 0.05) is 5.54 Å². The Balaban J connectivity index is 2.37. The number of hydrogen-bond acceptors (Lipinski definition) is 3. The number of amides is 2. The molecule has 0 aliphatic carbocycles. The fraction of sp³-hybridized carbons (Fsp3) is 0.467. The molecule has 0 heterocycles. The standard InChI is InChI=1S/C15H23N3O2/c1-15(2,3)18-13(19)10-17-14(20)12(16)9-11-7-5-4-6-8-11/h4-8,12H,9-10,16H2,1-3H3,(H,17,20)(H,18,19)/t12-/m0/s1. The molecule has 0 aliphatic rings. The second-order valence-corrected chi connectivity index (χ2v) is 5.81. The second-order valence-electron chi connectivity index (χ2n) is 5.81. The van der Waals surface area contributed by atoms with Gasteiger partial charge in [-0.05, 0) is 32.8 Å². The van der Waals surface area contributed by atoms with Crippen molar-refractivity contribution in [3.63, 3.8) is 0 Å². The molecule has 0 aromatic heterocycles. The topological polar surface area (TPSA) is 84.2 Å². The number of hydrogen-bond donors (Lipinski definition) is 3. The van der Waals surface area contributed by atoms with Crippen molar-refractivity contribution in [2.75, 3.05) is 6.54 Å². The van der Waals surface area contributed by atoms with Crippen LogP contribution in [0, 0.1) is 0 Å². The monoisotopic (exact) mass is 277 g/mol. The molecule has 0 aliphatic heterocycles. The molecule has 0 spiro atoms. The van der Waals surface area contributed by atoms with Crippen molar-refractivity contribution in [3.8, 4) is 0 Å². The summed E-state index contributed by atoms with van der Waals surface area (Å²) in [4.78, 5) is 23.4. The summed E-state index contributed by atoms with van der Waals surface area (Å²) >= 11 is 0. The van der Waals surface area contributed by atoms with E-state index in [4.69, 9.17) is 5.73 Å². The molecule has 0 saturated carbocycles. The van der Waals surface area contributed by atoms with Crippen molar-refractivity contribution in [3.05, 3.63) is 35.9 Å². The zero-order chi connectivity index (χ0) is 15.2. The minimum atomic E-state index is -0.653. The number of nitrogens with two attached hydrogens (primary N) is 1.